The van der Waals surface area contributed by atoms with Crippen molar-refractivity contribution in [1.29, 1.82) is 0 Å². The molecule has 0 heterocycles. The summed E-state index contributed by atoms with van der Waals surface area (Å²) in [6, 6.07) is 8.98. The van der Waals surface area contributed by atoms with Crippen LogP contribution < -0.4 is 4.74 Å². The van der Waals surface area contributed by atoms with Crippen LogP contribution in [0.15, 0.2) is 30.3 Å². The maximum absolute atomic E-state index is 8.87. The molecule has 0 saturated carbocycles. The number of rotatable bonds is 3. The molecule has 0 spiro atoms. The number of aliphatic hydroxyl groups is 1. The summed E-state index contributed by atoms with van der Waals surface area (Å²) in [4.78, 5) is 0. The number of benzene rings is 1. The molecule has 0 radical (unpaired) electrons. The first-order valence-electron chi connectivity index (χ1n) is 3.25. The van der Waals surface area contributed by atoms with Gasteiger partial charge in [-0.05, 0) is 12.1 Å². The van der Waals surface area contributed by atoms with Crippen LogP contribution in [-0.4, -0.2) is 18.7 Å². The van der Waals surface area contributed by atoms with Gasteiger partial charge in [0.25, 0.3) is 0 Å². The molecule has 0 aliphatic rings. The molecule has 1 aromatic rings. The average Bonchev–Trinajstić information content (AvgIpc) is 2.06. The first-order valence-corrected chi connectivity index (χ1v) is 3.25. The molecule has 0 amide bonds. The Kier molecular flexibility index (Phi) is 2.89. The van der Waals surface area contributed by atoms with Gasteiger partial charge >= 0.3 is 6.48 Å². The number of hydrogen-bond donors (Lipinski definition) is 1. The third-order valence-electron chi connectivity index (χ3n) is 1.18. The van der Waals surface area contributed by atoms with Crippen LogP contribution in [0.25, 0.3) is 0 Å². The Labute approximate surface area is 65.2 Å². The quantitative estimate of drug-likeness (QED) is 0.660. The van der Waals surface area contributed by atoms with Gasteiger partial charge in [-0.15, -0.1) is 0 Å². The molecule has 1 atom stereocenters. The number of hydrogen-bond acceptors (Lipinski definition) is 3. The minimum Gasteiger partial charge on any atom is -0.441 e. The third kappa shape index (κ3) is 2.57. The zero-order valence-corrected chi connectivity index (χ0v) is 6.23. The Hall–Kier alpha value is -1.06. The second-order valence-corrected chi connectivity index (χ2v) is 1.97. The summed E-state index contributed by atoms with van der Waals surface area (Å²) in [6.45, 7) is -1.18. The van der Waals surface area contributed by atoms with Crippen LogP contribution >= 0.6 is 0 Å². The first-order chi connectivity index (χ1) is 5.33. The summed E-state index contributed by atoms with van der Waals surface area (Å²) in [5.74, 6) is 0.585. The molecule has 0 aromatic heterocycles. The monoisotopic (exact) mass is 154 g/mol. The predicted octanol–water partition coefficient (Wildman–Crippen LogP) is 0.988. The van der Waals surface area contributed by atoms with Gasteiger partial charge < -0.3 is 14.6 Å². The number of ether oxygens (including phenoxy) is 2. The van der Waals surface area contributed by atoms with Gasteiger partial charge in [0.15, 0.2) is 0 Å². The normalized spacial score (nSPS) is 12.5. The number of methoxy groups -OCH3 is 1. The molecule has 0 fully saturated rings. The van der Waals surface area contributed by atoms with Crippen LogP contribution in [-0.2, 0) is 4.74 Å². The Bertz CT molecular complexity index is 198. The van der Waals surface area contributed by atoms with Crippen molar-refractivity contribution in [1.82, 2.24) is 0 Å². The Balaban J connectivity index is 2.51. The fourth-order valence-electron chi connectivity index (χ4n) is 0.664. The minimum atomic E-state index is -1.18. The number of aliphatic hydroxyl groups excluding tert-OH is 1. The number of para-hydroxylation sites is 1. The largest absolute Gasteiger partial charge is 0.441 e. The van der Waals surface area contributed by atoms with Crippen molar-refractivity contribution in [2.24, 2.45) is 0 Å². The first kappa shape index (κ1) is 8.04. The molecule has 60 valence electrons. The molecule has 11 heavy (non-hydrogen) atoms. The van der Waals surface area contributed by atoms with Gasteiger partial charge in [-0.1, -0.05) is 18.2 Å². The smallest absolute Gasteiger partial charge is 0.313 e. The van der Waals surface area contributed by atoms with Crippen molar-refractivity contribution in [3.8, 4) is 5.75 Å². The molecule has 1 unspecified atom stereocenters. The lowest BCUT2D eigenvalue weighted by molar-refractivity contribution is -0.200. The molecule has 0 aliphatic heterocycles. The van der Waals surface area contributed by atoms with E-state index in [0.29, 0.717) is 5.75 Å². The maximum atomic E-state index is 8.87. The van der Waals surface area contributed by atoms with Gasteiger partial charge in [0.2, 0.25) is 0 Å². The lowest BCUT2D eigenvalue weighted by Crippen LogP contribution is -2.16. The van der Waals surface area contributed by atoms with Crippen LogP contribution in [0.1, 0.15) is 0 Å². The molecule has 3 heteroatoms. The SMILES string of the molecule is COC(O)Oc1ccccc1. The van der Waals surface area contributed by atoms with E-state index in [9.17, 15) is 0 Å². The van der Waals surface area contributed by atoms with E-state index in [1.54, 1.807) is 12.1 Å². The Morgan fingerprint density at radius 1 is 1.27 bits per heavy atom. The lowest BCUT2D eigenvalue weighted by atomic mass is 10.3. The van der Waals surface area contributed by atoms with E-state index < -0.39 is 6.48 Å². The van der Waals surface area contributed by atoms with E-state index >= 15 is 0 Å². The topological polar surface area (TPSA) is 38.7 Å². The third-order valence-corrected chi connectivity index (χ3v) is 1.18. The molecule has 3 nitrogen and oxygen atoms in total. The second kappa shape index (κ2) is 3.95. The van der Waals surface area contributed by atoms with Crippen molar-refractivity contribution in [2.45, 2.75) is 6.48 Å². The van der Waals surface area contributed by atoms with E-state index in [-0.39, 0.29) is 0 Å². The van der Waals surface area contributed by atoms with Crippen molar-refractivity contribution in [2.75, 3.05) is 7.11 Å². The molecular weight excluding hydrogens is 144 g/mol. The van der Waals surface area contributed by atoms with Gasteiger partial charge in [0.1, 0.15) is 5.75 Å². The van der Waals surface area contributed by atoms with Crippen LogP contribution in [0.3, 0.4) is 0 Å². The summed E-state index contributed by atoms with van der Waals surface area (Å²) < 4.78 is 9.38. The molecule has 1 N–H and O–H groups in total. The molecular formula is C8H10O3. The van der Waals surface area contributed by atoms with Gasteiger partial charge in [-0.3, -0.25) is 0 Å². The molecule has 0 saturated heterocycles. The Morgan fingerprint density at radius 3 is 2.45 bits per heavy atom. The fraction of sp³-hybridized carbons (Fsp3) is 0.250. The van der Waals surface area contributed by atoms with E-state index in [4.69, 9.17) is 9.84 Å². The summed E-state index contributed by atoms with van der Waals surface area (Å²) in [5, 5.41) is 8.87. The fourth-order valence-corrected chi connectivity index (χ4v) is 0.664. The summed E-state index contributed by atoms with van der Waals surface area (Å²) in [6.07, 6.45) is 0. The molecule has 0 aliphatic carbocycles. The maximum Gasteiger partial charge on any atom is 0.313 e. The van der Waals surface area contributed by atoms with Gasteiger partial charge in [0.05, 0.1) is 0 Å². The van der Waals surface area contributed by atoms with E-state index in [0.717, 1.165) is 0 Å². The van der Waals surface area contributed by atoms with E-state index in [2.05, 4.69) is 4.74 Å². The summed E-state index contributed by atoms with van der Waals surface area (Å²) >= 11 is 0. The minimum absolute atomic E-state index is 0.585. The summed E-state index contributed by atoms with van der Waals surface area (Å²) in [7, 11) is 1.37. The highest BCUT2D eigenvalue weighted by Gasteiger charge is 2.00. The van der Waals surface area contributed by atoms with Crippen molar-refractivity contribution in [3.05, 3.63) is 30.3 Å². The van der Waals surface area contributed by atoms with E-state index in [1.807, 2.05) is 18.2 Å². The van der Waals surface area contributed by atoms with Crippen molar-refractivity contribution in [3.63, 3.8) is 0 Å². The van der Waals surface area contributed by atoms with Crippen LogP contribution in [0, 0.1) is 0 Å². The molecule has 1 rings (SSSR count). The van der Waals surface area contributed by atoms with Gasteiger partial charge in [-0.2, -0.15) is 0 Å². The summed E-state index contributed by atoms with van der Waals surface area (Å²) in [5.41, 5.74) is 0. The standard InChI is InChI=1S/C8H10O3/c1-10-8(9)11-7-5-3-2-4-6-7/h2-6,8-9H,1H3. The van der Waals surface area contributed by atoms with E-state index in [1.165, 1.54) is 7.11 Å². The second-order valence-electron chi connectivity index (χ2n) is 1.97. The van der Waals surface area contributed by atoms with Crippen molar-refractivity contribution >= 4 is 0 Å². The highest BCUT2D eigenvalue weighted by molar-refractivity contribution is 5.20. The van der Waals surface area contributed by atoms with Gasteiger partial charge in [-0.25, -0.2) is 0 Å². The lowest BCUT2D eigenvalue weighted by Gasteiger charge is -2.09. The zero-order valence-electron chi connectivity index (χ0n) is 6.23. The van der Waals surface area contributed by atoms with Crippen LogP contribution in [0.5, 0.6) is 5.75 Å². The Morgan fingerprint density at radius 2 is 1.91 bits per heavy atom. The predicted molar refractivity (Wildman–Crippen MR) is 40.1 cm³/mol. The average molecular weight is 154 g/mol. The molecule has 1 aromatic carbocycles. The highest BCUT2D eigenvalue weighted by Crippen LogP contribution is 2.09. The molecule has 0 bridgehead atoms. The van der Waals surface area contributed by atoms with Gasteiger partial charge in [0, 0.05) is 7.11 Å². The van der Waals surface area contributed by atoms with Crippen LogP contribution in [0.4, 0.5) is 0 Å². The highest BCUT2D eigenvalue weighted by atomic mass is 16.8. The van der Waals surface area contributed by atoms with Crippen LogP contribution in [0.2, 0.25) is 0 Å². The zero-order chi connectivity index (χ0) is 8.10. The van der Waals surface area contributed by atoms with Crippen molar-refractivity contribution < 1.29 is 14.6 Å².